The molecule has 5 nitrogen and oxygen atoms in total. The van der Waals surface area contributed by atoms with Crippen LogP contribution in [0.15, 0.2) is 47.8 Å². The van der Waals surface area contributed by atoms with E-state index >= 15 is 0 Å². The summed E-state index contributed by atoms with van der Waals surface area (Å²) < 4.78 is 28.1. The fourth-order valence-electron chi connectivity index (χ4n) is 2.38. The smallest absolute Gasteiger partial charge is 0.144 e. The topological polar surface area (TPSA) is 66.0 Å². The molecule has 0 radical (unpaired) electrons. The third-order valence-electron chi connectivity index (χ3n) is 3.39. The standard InChI is InChI=1S/C15H9F2N5/c16-9-2-1-3-10(17)13(9)15-20-11-4-5-18-6-8(11)14-12(21-15)7-19-22-14/h1-7H,(H,19,22)(H,20,21). The maximum absolute atomic E-state index is 14.0. The summed E-state index contributed by atoms with van der Waals surface area (Å²) in [5.41, 5.74) is 2.28. The minimum Gasteiger partial charge on any atom is -0.336 e. The molecule has 0 saturated carbocycles. The third-order valence-corrected chi connectivity index (χ3v) is 3.39. The Morgan fingerprint density at radius 1 is 1.00 bits per heavy atom. The molecular weight excluding hydrogens is 288 g/mol. The first-order valence-corrected chi connectivity index (χ1v) is 6.52. The van der Waals surface area contributed by atoms with Crippen molar-refractivity contribution in [1.82, 2.24) is 15.2 Å². The maximum Gasteiger partial charge on any atom is 0.144 e. The van der Waals surface area contributed by atoms with Crippen LogP contribution in [0.25, 0.3) is 11.3 Å². The molecule has 2 aromatic heterocycles. The van der Waals surface area contributed by atoms with Gasteiger partial charge in [0.1, 0.15) is 17.5 Å². The number of nitrogens with zero attached hydrogens (tertiary/aromatic N) is 3. The summed E-state index contributed by atoms with van der Waals surface area (Å²) in [5, 5.41) is 9.73. The number of nitrogens with one attached hydrogen (secondary N) is 2. The molecule has 0 atom stereocenters. The van der Waals surface area contributed by atoms with Crippen molar-refractivity contribution < 1.29 is 8.78 Å². The molecule has 22 heavy (non-hydrogen) atoms. The van der Waals surface area contributed by atoms with Crippen LogP contribution in [0.2, 0.25) is 0 Å². The van der Waals surface area contributed by atoms with E-state index in [2.05, 4.69) is 25.5 Å². The Morgan fingerprint density at radius 2 is 1.82 bits per heavy atom. The lowest BCUT2D eigenvalue weighted by Gasteiger charge is -2.09. The molecule has 0 unspecified atom stereocenters. The molecule has 108 valence electrons. The normalized spacial score (nSPS) is 12.7. The molecule has 1 aromatic carbocycles. The Bertz CT molecular complexity index is 880. The Kier molecular flexibility index (Phi) is 2.72. The number of aromatic nitrogens is 3. The van der Waals surface area contributed by atoms with Gasteiger partial charge in [0, 0.05) is 18.0 Å². The number of halogens is 2. The number of aromatic amines is 1. The van der Waals surface area contributed by atoms with Crippen LogP contribution in [-0.4, -0.2) is 21.0 Å². The van der Waals surface area contributed by atoms with Crippen molar-refractivity contribution in [3.63, 3.8) is 0 Å². The first-order chi connectivity index (χ1) is 10.7. The molecule has 7 heteroatoms. The van der Waals surface area contributed by atoms with Crippen molar-refractivity contribution in [2.45, 2.75) is 0 Å². The van der Waals surface area contributed by atoms with E-state index in [1.54, 1.807) is 18.5 Å². The first kappa shape index (κ1) is 12.6. The van der Waals surface area contributed by atoms with Crippen LogP contribution in [0.3, 0.4) is 0 Å². The summed E-state index contributed by atoms with van der Waals surface area (Å²) in [6.07, 6.45) is 4.73. The van der Waals surface area contributed by atoms with Crippen LogP contribution in [0.5, 0.6) is 0 Å². The highest BCUT2D eigenvalue weighted by Gasteiger charge is 2.22. The molecule has 0 aliphatic carbocycles. The summed E-state index contributed by atoms with van der Waals surface area (Å²) in [7, 11) is 0. The Hall–Kier alpha value is -3.09. The van der Waals surface area contributed by atoms with Crippen molar-refractivity contribution in [3.8, 4) is 11.3 Å². The number of H-pyrrole nitrogens is 1. The fourth-order valence-corrected chi connectivity index (χ4v) is 2.38. The molecule has 2 N–H and O–H groups in total. The van der Waals surface area contributed by atoms with Gasteiger partial charge in [-0.05, 0) is 18.2 Å². The number of pyridine rings is 1. The second-order valence-electron chi connectivity index (χ2n) is 4.73. The highest BCUT2D eigenvalue weighted by molar-refractivity contribution is 6.13. The van der Waals surface area contributed by atoms with Gasteiger partial charge in [-0.2, -0.15) is 5.10 Å². The molecule has 3 aromatic rings. The van der Waals surface area contributed by atoms with Crippen LogP contribution in [0.4, 0.5) is 20.2 Å². The Morgan fingerprint density at radius 3 is 2.64 bits per heavy atom. The molecule has 0 amide bonds. The lowest BCUT2D eigenvalue weighted by molar-refractivity contribution is 0.579. The van der Waals surface area contributed by atoms with Gasteiger partial charge in [-0.1, -0.05) is 6.07 Å². The quantitative estimate of drug-likeness (QED) is 0.724. The van der Waals surface area contributed by atoms with Crippen LogP contribution >= 0.6 is 0 Å². The van der Waals surface area contributed by atoms with Crippen LogP contribution in [0, 0.1) is 11.6 Å². The second-order valence-corrected chi connectivity index (χ2v) is 4.73. The average molecular weight is 297 g/mol. The number of aliphatic imine (C=N–C) groups is 1. The summed E-state index contributed by atoms with van der Waals surface area (Å²) >= 11 is 0. The van der Waals surface area contributed by atoms with E-state index in [4.69, 9.17) is 0 Å². The highest BCUT2D eigenvalue weighted by atomic mass is 19.1. The van der Waals surface area contributed by atoms with Crippen LogP contribution in [-0.2, 0) is 0 Å². The second kappa shape index (κ2) is 4.73. The van der Waals surface area contributed by atoms with Gasteiger partial charge in [0.2, 0.25) is 0 Å². The zero-order valence-corrected chi connectivity index (χ0v) is 11.1. The van der Waals surface area contributed by atoms with E-state index in [1.807, 2.05) is 0 Å². The van der Waals surface area contributed by atoms with Gasteiger partial charge in [0.05, 0.1) is 28.8 Å². The Labute approximate surface area is 123 Å². The summed E-state index contributed by atoms with van der Waals surface area (Å²) in [6, 6.07) is 5.37. The summed E-state index contributed by atoms with van der Waals surface area (Å²) in [4.78, 5) is 8.41. The number of hydrogen-bond acceptors (Lipinski definition) is 4. The molecule has 0 fully saturated rings. The van der Waals surface area contributed by atoms with E-state index in [0.717, 1.165) is 0 Å². The fraction of sp³-hybridized carbons (Fsp3) is 0. The number of benzene rings is 1. The zero-order valence-electron chi connectivity index (χ0n) is 11.1. The molecule has 1 aliphatic rings. The van der Waals surface area contributed by atoms with E-state index in [1.165, 1.54) is 24.4 Å². The van der Waals surface area contributed by atoms with Gasteiger partial charge in [0.25, 0.3) is 0 Å². The van der Waals surface area contributed by atoms with Crippen molar-refractivity contribution in [1.29, 1.82) is 0 Å². The summed E-state index contributed by atoms with van der Waals surface area (Å²) in [6.45, 7) is 0. The van der Waals surface area contributed by atoms with Crippen LogP contribution in [0.1, 0.15) is 5.56 Å². The number of amidine groups is 1. The maximum atomic E-state index is 14.0. The Balaban J connectivity index is 1.99. The van der Waals surface area contributed by atoms with Crippen molar-refractivity contribution in [2.24, 2.45) is 4.99 Å². The molecule has 0 saturated heterocycles. The van der Waals surface area contributed by atoms with E-state index in [0.29, 0.717) is 22.6 Å². The number of fused-ring (bicyclic) bond motifs is 3. The minimum absolute atomic E-state index is 0.0863. The van der Waals surface area contributed by atoms with Crippen molar-refractivity contribution >= 4 is 17.2 Å². The number of rotatable bonds is 1. The van der Waals surface area contributed by atoms with Gasteiger partial charge in [-0.15, -0.1) is 0 Å². The van der Waals surface area contributed by atoms with Gasteiger partial charge < -0.3 is 5.32 Å². The predicted octanol–water partition coefficient (Wildman–Crippen LogP) is 3.25. The summed E-state index contributed by atoms with van der Waals surface area (Å²) in [5.74, 6) is -1.29. The largest absolute Gasteiger partial charge is 0.336 e. The molecule has 1 aliphatic heterocycles. The average Bonchev–Trinajstić information content (AvgIpc) is 2.90. The van der Waals surface area contributed by atoms with Crippen molar-refractivity contribution in [2.75, 3.05) is 5.32 Å². The first-order valence-electron chi connectivity index (χ1n) is 6.52. The molecular formula is C15H9F2N5. The zero-order chi connectivity index (χ0) is 15.1. The lowest BCUT2D eigenvalue weighted by atomic mass is 10.1. The highest BCUT2D eigenvalue weighted by Crippen LogP contribution is 2.36. The van der Waals surface area contributed by atoms with E-state index < -0.39 is 11.6 Å². The number of anilines is 1. The molecule has 3 heterocycles. The number of hydrogen-bond donors (Lipinski definition) is 2. The van der Waals surface area contributed by atoms with Crippen LogP contribution < -0.4 is 5.32 Å². The monoisotopic (exact) mass is 297 g/mol. The van der Waals surface area contributed by atoms with Gasteiger partial charge >= 0.3 is 0 Å². The minimum atomic E-state index is -0.686. The van der Waals surface area contributed by atoms with Gasteiger partial charge in [0.15, 0.2) is 0 Å². The van der Waals surface area contributed by atoms with E-state index in [9.17, 15) is 8.78 Å². The van der Waals surface area contributed by atoms with Gasteiger partial charge in [-0.25, -0.2) is 13.8 Å². The molecule has 4 rings (SSSR count). The lowest BCUT2D eigenvalue weighted by Crippen LogP contribution is -2.16. The third kappa shape index (κ3) is 1.86. The SMILES string of the molecule is Fc1cccc(F)c1C1=Nc2ccncc2-c2[nH]ncc2N1. The van der Waals surface area contributed by atoms with Gasteiger partial charge in [-0.3, -0.25) is 10.1 Å². The van der Waals surface area contributed by atoms with E-state index in [-0.39, 0.29) is 11.4 Å². The van der Waals surface area contributed by atoms with Crippen molar-refractivity contribution in [3.05, 3.63) is 60.1 Å². The molecule has 0 bridgehead atoms. The molecule has 0 spiro atoms. The predicted molar refractivity (Wildman–Crippen MR) is 78.0 cm³/mol.